The van der Waals surface area contributed by atoms with Crippen LogP contribution in [0.3, 0.4) is 0 Å². The zero-order valence-electron chi connectivity index (χ0n) is 11.8. The van der Waals surface area contributed by atoms with Crippen molar-refractivity contribution in [3.63, 3.8) is 0 Å². The van der Waals surface area contributed by atoms with Gasteiger partial charge in [0.1, 0.15) is 0 Å². The summed E-state index contributed by atoms with van der Waals surface area (Å²) in [5, 5.41) is 0. The van der Waals surface area contributed by atoms with E-state index in [0.29, 0.717) is 6.04 Å². The zero-order valence-corrected chi connectivity index (χ0v) is 11.8. The first kappa shape index (κ1) is 14.0. The summed E-state index contributed by atoms with van der Waals surface area (Å²) >= 11 is 0. The van der Waals surface area contributed by atoms with Crippen LogP contribution in [0.5, 0.6) is 0 Å². The van der Waals surface area contributed by atoms with Crippen LogP contribution in [-0.4, -0.2) is 30.6 Å². The smallest absolute Gasteiger partial charge is 0.0300 e. The Bertz CT molecular complexity index is 211. The van der Waals surface area contributed by atoms with Crippen molar-refractivity contribution in [3.8, 4) is 0 Å². The van der Waals surface area contributed by atoms with Crippen LogP contribution in [0.1, 0.15) is 52.9 Å². The summed E-state index contributed by atoms with van der Waals surface area (Å²) < 4.78 is 0. The summed E-state index contributed by atoms with van der Waals surface area (Å²) in [7, 11) is 4.28. The summed E-state index contributed by atoms with van der Waals surface area (Å²) in [5.74, 6) is 1.64. The highest BCUT2D eigenvalue weighted by molar-refractivity contribution is 4.94. The lowest BCUT2D eigenvalue weighted by atomic mass is 9.72. The Morgan fingerprint density at radius 3 is 2.44 bits per heavy atom. The van der Waals surface area contributed by atoms with Crippen LogP contribution in [0.2, 0.25) is 0 Å². The maximum atomic E-state index is 6.50. The lowest BCUT2D eigenvalue weighted by Gasteiger charge is -2.44. The molecule has 2 nitrogen and oxygen atoms in total. The Balaban J connectivity index is 2.62. The summed E-state index contributed by atoms with van der Waals surface area (Å²) in [6.45, 7) is 6.86. The topological polar surface area (TPSA) is 29.3 Å². The molecular weight excluding hydrogens is 196 g/mol. The van der Waals surface area contributed by atoms with Crippen molar-refractivity contribution in [2.45, 2.75) is 64.5 Å². The average Bonchev–Trinajstić information content (AvgIpc) is 2.27. The van der Waals surface area contributed by atoms with Gasteiger partial charge in [-0.05, 0) is 52.6 Å². The molecule has 2 heteroatoms. The monoisotopic (exact) mass is 226 g/mol. The van der Waals surface area contributed by atoms with Gasteiger partial charge in [-0.1, -0.05) is 26.2 Å². The molecule has 0 amide bonds. The van der Waals surface area contributed by atoms with Gasteiger partial charge in [0.2, 0.25) is 0 Å². The molecule has 0 aromatic heterocycles. The largest absolute Gasteiger partial charge is 0.326 e. The highest BCUT2D eigenvalue weighted by atomic mass is 15.2. The molecule has 0 heterocycles. The number of nitrogens with zero attached hydrogens (tertiary/aromatic N) is 1. The normalized spacial score (nSPS) is 29.4. The van der Waals surface area contributed by atoms with Crippen molar-refractivity contribution in [3.05, 3.63) is 0 Å². The SMILES string of the molecule is CCC1CCCC(C(N)C(C)(C)N(C)C)C1. The summed E-state index contributed by atoms with van der Waals surface area (Å²) in [6.07, 6.45) is 6.79. The van der Waals surface area contributed by atoms with E-state index in [4.69, 9.17) is 5.73 Å². The van der Waals surface area contributed by atoms with E-state index in [-0.39, 0.29) is 5.54 Å². The Morgan fingerprint density at radius 1 is 1.31 bits per heavy atom. The minimum Gasteiger partial charge on any atom is -0.326 e. The van der Waals surface area contributed by atoms with E-state index in [2.05, 4.69) is 39.8 Å². The highest BCUT2D eigenvalue weighted by Crippen LogP contribution is 2.35. The second-order valence-electron chi connectivity index (χ2n) is 6.27. The van der Waals surface area contributed by atoms with Crippen LogP contribution in [0, 0.1) is 11.8 Å². The van der Waals surface area contributed by atoms with Gasteiger partial charge in [-0.25, -0.2) is 0 Å². The quantitative estimate of drug-likeness (QED) is 0.798. The predicted molar refractivity (Wildman–Crippen MR) is 71.5 cm³/mol. The van der Waals surface area contributed by atoms with E-state index in [1.54, 1.807) is 0 Å². The molecule has 96 valence electrons. The number of likely N-dealkylation sites (N-methyl/N-ethyl adjacent to an activating group) is 1. The molecule has 0 aromatic rings. The number of nitrogens with two attached hydrogens (primary N) is 1. The minimum absolute atomic E-state index is 0.111. The molecule has 1 aliphatic carbocycles. The van der Waals surface area contributed by atoms with Gasteiger partial charge in [-0.3, -0.25) is 0 Å². The third kappa shape index (κ3) is 2.98. The molecule has 0 saturated heterocycles. The summed E-state index contributed by atoms with van der Waals surface area (Å²) in [6, 6.07) is 0.303. The van der Waals surface area contributed by atoms with E-state index in [9.17, 15) is 0 Å². The van der Waals surface area contributed by atoms with Gasteiger partial charge in [-0.15, -0.1) is 0 Å². The van der Waals surface area contributed by atoms with Gasteiger partial charge in [0, 0.05) is 11.6 Å². The van der Waals surface area contributed by atoms with Crippen LogP contribution in [-0.2, 0) is 0 Å². The molecule has 1 aliphatic rings. The average molecular weight is 226 g/mol. The molecule has 2 N–H and O–H groups in total. The summed E-state index contributed by atoms with van der Waals surface area (Å²) in [4.78, 5) is 2.27. The lowest BCUT2D eigenvalue weighted by molar-refractivity contribution is 0.0968. The number of hydrogen-bond acceptors (Lipinski definition) is 2. The van der Waals surface area contributed by atoms with Crippen LogP contribution < -0.4 is 5.73 Å². The number of rotatable bonds is 4. The Kier molecular flexibility index (Phi) is 4.81. The molecule has 16 heavy (non-hydrogen) atoms. The lowest BCUT2D eigenvalue weighted by Crippen LogP contribution is -2.57. The fraction of sp³-hybridized carbons (Fsp3) is 1.00. The molecule has 3 atom stereocenters. The molecule has 1 rings (SSSR count). The zero-order chi connectivity index (χ0) is 12.3. The molecular formula is C14H30N2. The molecule has 3 unspecified atom stereocenters. The van der Waals surface area contributed by atoms with E-state index in [1.165, 1.54) is 32.1 Å². The van der Waals surface area contributed by atoms with E-state index in [1.807, 2.05) is 0 Å². The first-order valence-corrected chi connectivity index (χ1v) is 6.82. The third-order valence-corrected chi connectivity index (χ3v) is 4.88. The first-order valence-electron chi connectivity index (χ1n) is 6.82. The van der Waals surface area contributed by atoms with Gasteiger partial charge in [-0.2, -0.15) is 0 Å². The first-order chi connectivity index (χ1) is 7.39. The van der Waals surface area contributed by atoms with E-state index in [0.717, 1.165) is 11.8 Å². The molecule has 0 aromatic carbocycles. The van der Waals surface area contributed by atoms with Gasteiger partial charge in [0.05, 0.1) is 0 Å². The predicted octanol–water partition coefficient (Wildman–Crippen LogP) is 2.87. The van der Waals surface area contributed by atoms with Crippen molar-refractivity contribution in [2.24, 2.45) is 17.6 Å². The Labute approximate surface area is 102 Å². The molecule has 0 bridgehead atoms. The second kappa shape index (κ2) is 5.50. The summed E-state index contributed by atoms with van der Waals surface area (Å²) in [5.41, 5.74) is 6.61. The second-order valence-corrected chi connectivity index (χ2v) is 6.27. The van der Waals surface area contributed by atoms with E-state index >= 15 is 0 Å². The molecule has 1 saturated carbocycles. The minimum atomic E-state index is 0.111. The standard InChI is InChI=1S/C14H30N2/c1-6-11-8-7-9-12(10-11)13(15)14(2,3)16(4)5/h11-13H,6-10,15H2,1-5H3. The van der Waals surface area contributed by atoms with Crippen LogP contribution in [0.15, 0.2) is 0 Å². The highest BCUT2D eigenvalue weighted by Gasteiger charge is 2.36. The molecule has 0 radical (unpaired) electrons. The molecule has 0 spiro atoms. The van der Waals surface area contributed by atoms with Crippen LogP contribution >= 0.6 is 0 Å². The van der Waals surface area contributed by atoms with E-state index < -0.39 is 0 Å². The van der Waals surface area contributed by atoms with Crippen molar-refractivity contribution in [1.82, 2.24) is 4.90 Å². The maximum absolute atomic E-state index is 6.50. The number of hydrogen-bond donors (Lipinski definition) is 1. The van der Waals surface area contributed by atoms with Crippen LogP contribution in [0.25, 0.3) is 0 Å². The Hall–Kier alpha value is -0.0800. The van der Waals surface area contributed by atoms with Crippen molar-refractivity contribution < 1.29 is 0 Å². The fourth-order valence-electron chi connectivity index (χ4n) is 2.90. The fourth-order valence-corrected chi connectivity index (χ4v) is 2.90. The van der Waals surface area contributed by atoms with Gasteiger partial charge >= 0.3 is 0 Å². The third-order valence-electron chi connectivity index (χ3n) is 4.88. The Morgan fingerprint density at radius 2 is 1.94 bits per heavy atom. The van der Waals surface area contributed by atoms with Gasteiger partial charge in [0.25, 0.3) is 0 Å². The maximum Gasteiger partial charge on any atom is 0.0300 e. The van der Waals surface area contributed by atoms with Crippen molar-refractivity contribution in [2.75, 3.05) is 14.1 Å². The van der Waals surface area contributed by atoms with Crippen LogP contribution in [0.4, 0.5) is 0 Å². The molecule has 1 fully saturated rings. The van der Waals surface area contributed by atoms with Crippen molar-refractivity contribution in [1.29, 1.82) is 0 Å². The van der Waals surface area contributed by atoms with Gasteiger partial charge in [0.15, 0.2) is 0 Å². The van der Waals surface area contributed by atoms with Gasteiger partial charge < -0.3 is 10.6 Å². The molecule has 0 aliphatic heterocycles. The van der Waals surface area contributed by atoms with Crippen molar-refractivity contribution >= 4 is 0 Å².